The van der Waals surface area contributed by atoms with Crippen LogP contribution < -0.4 is 20.5 Å². The van der Waals surface area contributed by atoms with Crippen molar-refractivity contribution in [2.75, 3.05) is 31.6 Å². The Bertz CT molecular complexity index is 1860. The topological polar surface area (TPSA) is 154 Å². The molecule has 1 saturated carbocycles. The van der Waals surface area contributed by atoms with Crippen LogP contribution in [0.15, 0.2) is 71.9 Å². The van der Waals surface area contributed by atoms with Gasteiger partial charge in [-0.05, 0) is 73.0 Å². The van der Waals surface area contributed by atoms with Gasteiger partial charge in [0.15, 0.2) is 0 Å². The molecule has 2 aromatic heterocycles. The van der Waals surface area contributed by atoms with Crippen molar-refractivity contribution in [3.63, 3.8) is 0 Å². The van der Waals surface area contributed by atoms with Crippen molar-refractivity contribution in [3.8, 4) is 22.6 Å². The quantitative estimate of drug-likeness (QED) is 0.247. The van der Waals surface area contributed by atoms with E-state index in [1.807, 2.05) is 23.1 Å². The third kappa shape index (κ3) is 7.92. The van der Waals surface area contributed by atoms with Crippen LogP contribution in [0.4, 0.5) is 10.5 Å². The molecule has 256 valence electrons. The largest absolute Gasteiger partial charge is 0.508 e. The SMILES string of the molecule is COc1ccc(C(=O)N2CCC(OC3CCCCC3)CC2)cc1N1CCC(=O)NC1=O.O=c1[nH]cc(-c2ccc(O)cc2)c2ccncc12. The molecule has 7 rings (SSSR count). The average Bonchev–Trinajstić information content (AvgIpc) is 3.13. The third-order valence-corrected chi connectivity index (χ3v) is 9.32. The second-order valence-corrected chi connectivity index (χ2v) is 12.5. The van der Waals surface area contributed by atoms with E-state index in [1.54, 1.807) is 48.9 Å². The van der Waals surface area contributed by atoms with Gasteiger partial charge < -0.3 is 24.5 Å². The maximum Gasteiger partial charge on any atom is 0.328 e. The fraction of sp³-hybridized carbons (Fsp3) is 0.378. The van der Waals surface area contributed by atoms with Crippen LogP contribution in [-0.2, 0) is 9.53 Å². The number of hydrogen-bond acceptors (Lipinski definition) is 8. The summed E-state index contributed by atoms with van der Waals surface area (Å²) in [5, 5.41) is 13.0. The number of methoxy groups -OCH3 is 1. The molecule has 1 aliphatic carbocycles. The molecule has 4 aromatic rings. The molecule has 0 bridgehead atoms. The number of anilines is 1. The number of rotatable bonds is 6. The van der Waals surface area contributed by atoms with Crippen LogP contribution in [0, 0.1) is 0 Å². The van der Waals surface area contributed by atoms with E-state index in [1.165, 1.54) is 31.3 Å². The number of nitrogens with one attached hydrogen (secondary N) is 2. The van der Waals surface area contributed by atoms with E-state index in [-0.39, 0.29) is 42.2 Å². The van der Waals surface area contributed by atoms with E-state index < -0.39 is 6.03 Å². The van der Waals surface area contributed by atoms with Gasteiger partial charge in [-0.1, -0.05) is 31.4 Å². The molecular weight excluding hydrogens is 626 g/mol. The minimum atomic E-state index is -0.500. The third-order valence-electron chi connectivity index (χ3n) is 9.32. The molecule has 2 saturated heterocycles. The number of pyridine rings is 2. The van der Waals surface area contributed by atoms with Crippen molar-refractivity contribution < 1.29 is 29.0 Å². The zero-order valence-electron chi connectivity index (χ0n) is 27.5. The fourth-order valence-corrected chi connectivity index (χ4v) is 6.66. The second-order valence-electron chi connectivity index (χ2n) is 12.5. The van der Waals surface area contributed by atoms with E-state index in [0.717, 1.165) is 42.2 Å². The minimum absolute atomic E-state index is 0.0616. The number of amides is 4. The van der Waals surface area contributed by atoms with E-state index >= 15 is 0 Å². The van der Waals surface area contributed by atoms with Gasteiger partial charge in [-0.25, -0.2) is 4.79 Å². The zero-order chi connectivity index (χ0) is 34.3. The Morgan fingerprint density at radius 3 is 2.35 bits per heavy atom. The van der Waals surface area contributed by atoms with Gasteiger partial charge in [0.05, 0.1) is 30.4 Å². The van der Waals surface area contributed by atoms with Gasteiger partial charge in [0.25, 0.3) is 11.5 Å². The van der Waals surface area contributed by atoms with Crippen molar-refractivity contribution in [1.29, 1.82) is 0 Å². The summed E-state index contributed by atoms with van der Waals surface area (Å²) in [6, 6.07) is 13.3. The Kier molecular flexibility index (Phi) is 10.5. The van der Waals surface area contributed by atoms with E-state index in [2.05, 4.69) is 15.3 Å². The molecule has 2 aliphatic heterocycles. The van der Waals surface area contributed by atoms with Gasteiger partial charge in [0.1, 0.15) is 11.5 Å². The van der Waals surface area contributed by atoms with Crippen molar-refractivity contribution in [2.45, 2.75) is 63.6 Å². The first-order valence-electron chi connectivity index (χ1n) is 16.8. The number of fused-ring (bicyclic) bond motifs is 1. The standard InChI is InChI=1S/C23H31N3O5.C14H10N2O2/c1-30-20-8-7-16(15-19(20)26-14-11-21(27)24-23(26)29)22(28)25-12-9-18(10-13-25)31-17-5-3-2-4-6-17;17-10-3-1-9(2-4-10)12-8-16-14(18)13-7-15-6-5-11(12)13/h7-8,15,17-18H,2-6,9-14H2,1H3,(H,24,27,29);1-8,17H,(H,16,18). The van der Waals surface area contributed by atoms with Crippen molar-refractivity contribution >= 4 is 34.3 Å². The van der Waals surface area contributed by atoms with Crippen LogP contribution in [0.2, 0.25) is 0 Å². The molecule has 4 amide bonds. The molecule has 3 fully saturated rings. The maximum absolute atomic E-state index is 13.1. The Morgan fingerprint density at radius 2 is 1.63 bits per heavy atom. The number of aromatic hydroxyl groups is 1. The summed E-state index contributed by atoms with van der Waals surface area (Å²) in [4.78, 5) is 58.5. The molecule has 2 aromatic carbocycles. The number of carbonyl (C=O) groups is 3. The smallest absolute Gasteiger partial charge is 0.328 e. The number of nitrogens with zero attached hydrogens (tertiary/aromatic N) is 3. The predicted molar refractivity (Wildman–Crippen MR) is 185 cm³/mol. The molecule has 3 N–H and O–H groups in total. The second kappa shape index (κ2) is 15.3. The van der Waals surface area contributed by atoms with E-state index in [9.17, 15) is 24.3 Å². The molecule has 0 spiro atoms. The summed E-state index contributed by atoms with van der Waals surface area (Å²) in [5.74, 6) is 0.342. The van der Waals surface area contributed by atoms with Crippen molar-refractivity contribution in [2.24, 2.45) is 0 Å². The first-order chi connectivity index (χ1) is 23.8. The number of H-pyrrole nitrogens is 1. The fourth-order valence-electron chi connectivity index (χ4n) is 6.66. The number of aromatic nitrogens is 2. The lowest BCUT2D eigenvalue weighted by Crippen LogP contribution is -2.49. The normalized spacial score (nSPS) is 17.3. The lowest BCUT2D eigenvalue weighted by molar-refractivity contribution is -0.120. The number of hydrogen-bond donors (Lipinski definition) is 3. The van der Waals surface area contributed by atoms with Gasteiger partial charge >= 0.3 is 6.03 Å². The zero-order valence-corrected chi connectivity index (χ0v) is 27.5. The van der Waals surface area contributed by atoms with Crippen LogP contribution in [0.5, 0.6) is 11.5 Å². The number of benzene rings is 2. The van der Waals surface area contributed by atoms with Crippen LogP contribution in [0.3, 0.4) is 0 Å². The van der Waals surface area contributed by atoms with Crippen LogP contribution in [-0.4, -0.2) is 76.8 Å². The molecule has 0 radical (unpaired) electrons. The number of piperidine rings is 1. The number of urea groups is 1. The Balaban J connectivity index is 0.000000195. The van der Waals surface area contributed by atoms with Crippen LogP contribution in [0.25, 0.3) is 21.9 Å². The lowest BCUT2D eigenvalue weighted by Gasteiger charge is -2.35. The summed E-state index contributed by atoms with van der Waals surface area (Å²) >= 11 is 0. The number of phenolic OH excluding ortho intramolecular Hbond substituents is 1. The number of ether oxygens (including phenoxy) is 2. The van der Waals surface area contributed by atoms with E-state index in [4.69, 9.17) is 9.47 Å². The molecule has 0 unspecified atom stereocenters. The summed E-state index contributed by atoms with van der Waals surface area (Å²) in [7, 11) is 1.52. The lowest BCUT2D eigenvalue weighted by atomic mass is 9.97. The van der Waals surface area contributed by atoms with Gasteiger partial charge in [-0.15, -0.1) is 0 Å². The van der Waals surface area contributed by atoms with Gasteiger partial charge in [-0.2, -0.15) is 0 Å². The number of carbonyl (C=O) groups excluding carboxylic acids is 3. The highest BCUT2D eigenvalue weighted by atomic mass is 16.5. The Hall–Kier alpha value is -5.23. The van der Waals surface area contributed by atoms with Crippen LogP contribution >= 0.6 is 0 Å². The molecule has 3 aliphatic rings. The highest BCUT2D eigenvalue weighted by Crippen LogP contribution is 2.32. The number of likely N-dealkylation sites (tertiary alicyclic amines) is 1. The molecule has 0 atom stereocenters. The number of aromatic amines is 1. The molecular formula is C37H41N5O7. The van der Waals surface area contributed by atoms with Gasteiger partial charge in [0.2, 0.25) is 5.91 Å². The Morgan fingerprint density at radius 1 is 0.898 bits per heavy atom. The van der Waals surface area contributed by atoms with Gasteiger partial charge in [-0.3, -0.25) is 29.6 Å². The Labute approximate surface area is 284 Å². The number of phenols is 1. The first kappa shape index (κ1) is 33.7. The molecule has 12 nitrogen and oxygen atoms in total. The van der Waals surface area contributed by atoms with Crippen molar-refractivity contribution in [3.05, 3.63) is 83.0 Å². The predicted octanol–water partition coefficient (Wildman–Crippen LogP) is 5.39. The molecule has 49 heavy (non-hydrogen) atoms. The summed E-state index contributed by atoms with van der Waals surface area (Å²) in [6.45, 7) is 1.58. The first-order valence-corrected chi connectivity index (χ1v) is 16.8. The monoisotopic (exact) mass is 667 g/mol. The molecule has 12 heteroatoms. The minimum Gasteiger partial charge on any atom is -0.508 e. The highest BCUT2D eigenvalue weighted by Gasteiger charge is 2.30. The van der Waals surface area contributed by atoms with E-state index in [0.29, 0.717) is 41.6 Å². The van der Waals surface area contributed by atoms with Crippen LogP contribution in [0.1, 0.15) is 61.7 Å². The molecule has 4 heterocycles. The summed E-state index contributed by atoms with van der Waals surface area (Å²) in [6.07, 6.45) is 13.5. The maximum atomic E-state index is 13.1. The summed E-state index contributed by atoms with van der Waals surface area (Å²) in [5.41, 5.74) is 2.69. The average molecular weight is 668 g/mol. The van der Waals surface area contributed by atoms with Gasteiger partial charge in [0, 0.05) is 55.8 Å². The summed E-state index contributed by atoms with van der Waals surface area (Å²) < 4.78 is 11.7. The van der Waals surface area contributed by atoms with Crippen molar-refractivity contribution in [1.82, 2.24) is 20.2 Å². The highest BCUT2D eigenvalue weighted by molar-refractivity contribution is 6.07. The number of imide groups is 1.